The molecule has 1 aromatic carbocycles. The van der Waals surface area contributed by atoms with Crippen molar-refractivity contribution in [2.24, 2.45) is 0 Å². The van der Waals surface area contributed by atoms with Crippen LogP contribution in [0.5, 0.6) is 0 Å². The van der Waals surface area contributed by atoms with Crippen LogP contribution in [0.2, 0.25) is 0 Å². The summed E-state index contributed by atoms with van der Waals surface area (Å²) in [5.74, 6) is 0.506. The van der Waals surface area contributed by atoms with Crippen LogP contribution in [0.15, 0.2) is 35.5 Å². The molecule has 0 saturated heterocycles. The minimum atomic E-state index is 0. The van der Waals surface area contributed by atoms with E-state index >= 15 is 0 Å². The molecular formula is C12H10N5NaS2. The Balaban J connectivity index is 0.00000200. The SMILES string of the molecule is N#CCCN(c1ccccc1)c1nc(=S)nc([S-])[nH]1.[Na+]. The van der Waals surface area contributed by atoms with E-state index in [0.717, 1.165) is 5.69 Å². The van der Waals surface area contributed by atoms with Crippen molar-refractivity contribution < 1.29 is 29.6 Å². The molecule has 5 nitrogen and oxygen atoms in total. The van der Waals surface area contributed by atoms with Crippen LogP contribution in [-0.2, 0) is 12.6 Å². The quantitative estimate of drug-likeness (QED) is 0.466. The van der Waals surface area contributed by atoms with Crippen LogP contribution in [0.3, 0.4) is 0 Å². The number of aromatic nitrogens is 3. The Kier molecular flexibility index (Phi) is 7.05. The van der Waals surface area contributed by atoms with Gasteiger partial charge in [0.25, 0.3) is 0 Å². The molecule has 0 spiro atoms. The first kappa shape index (κ1) is 17.0. The number of benzene rings is 1. The van der Waals surface area contributed by atoms with Gasteiger partial charge in [0.15, 0.2) is 0 Å². The monoisotopic (exact) mass is 311 g/mol. The number of hydrogen-bond donors (Lipinski definition) is 1. The molecule has 0 atom stereocenters. The molecule has 0 aliphatic rings. The average molecular weight is 311 g/mol. The first-order valence-corrected chi connectivity index (χ1v) is 6.37. The van der Waals surface area contributed by atoms with E-state index in [1.165, 1.54) is 0 Å². The molecule has 0 bridgehead atoms. The summed E-state index contributed by atoms with van der Waals surface area (Å²) in [7, 11) is 0. The molecule has 1 heterocycles. The largest absolute Gasteiger partial charge is 1.00 e. The molecule has 0 aliphatic carbocycles. The maximum atomic E-state index is 8.76. The van der Waals surface area contributed by atoms with Gasteiger partial charge in [-0.25, -0.2) is 4.98 Å². The van der Waals surface area contributed by atoms with Gasteiger partial charge in [0.1, 0.15) is 0 Å². The van der Waals surface area contributed by atoms with E-state index in [9.17, 15) is 0 Å². The standard InChI is InChI=1S/C12H11N5S2.Na/c13-7-4-8-17(9-5-2-1-3-6-9)10-14-11(18)16-12(19)15-10;/h1-3,5-6H,4,8H2,(H2,14,15,16,18,19);/q;+1/p-1. The summed E-state index contributed by atoms with van der Waals surface area (Å²) in [6.45, 7) is 0.498. The molecule has 8 heteroatoms. The van der Waals surface area contributed by atoms with Gasteiger partial charge in [-0.3, -0.25) is 0 Å². The van der Waals surface area contributed by atoms with E-state index in [1.54, 1.807) is 0 Å². The molecule has 1 N–H and O–H groups in total. The summed E-state index contributed by atoms with van der Waals surface area (Å²) < 4.78 is 0.191. The maximum Gasteiger partial charge on any atom is 1.00 e. The maximum absolute atomic E-state index is 8.76. The van der Waals surface area contributed by atoms with Gasteiger partial charge in [0, 0.05) is 12.2 Å². The van der Waals surface area contributed by atoms with Gasteiger partial charge in [-0.15, -0.1) is 0 Å². The van der Waals surface area contributed by atoms with Crippen molar-refractivity contribution in [3.8, 4) is 6.07 Å². The van der Waals surface area contributed by atoms with Crippen LogP contribution in [0.1, 0.15) is 6.42 Å². The first-order valence-electron chi connectivity index (χ1n) is 5.55. The molecule has 20 heavy (non-hydrogen) atoms. The Morgan fingerprint density at radius 2 is 2.00 bits per heavy atom. The summed E-state index contributed by atoms with van der Waals surface area (Å²) in [5, 5.41) is 9.04. The van der Waals surface area contributed by atoms with Crippen LogP contribution >= 0.6 is 12.2 Å². The third kappa shape index (κ3) is 4.51. The Morgan fingerprint density at radius 1 is 1.30 bits per heavy atom. The second kappa shape index (κ2) is 8.29. The predicted molar refractivity (Wildman–Crippen MR) is 76.5 cm³/mol. The summed E-state index contributed by atoms with van der Waals surface area (Å²) in [4.78, 5) is 12.8. The van der Waals surface area contributed by atoms with Crippen molar-refractivity contribution >= 4 is 36.5 Å². The number of nitrogens with one attached hydrogen (secondary N) is 1. The van der Waals surface area contributed by atoms with Gasteiger partial charge < -0.3 is 22.5 Å². The van der Waals surface area contributed by atoms with E-state index < -0.39 is 0 Å². The van der Waals surface area contributed by atoms with Crippen LogP contribution < -0.4 is 34.5 Å². The summed E-state index contributed by atoms with van der Waals surface area (Å²) in [6, 6.07) is 11.7. The smallest absolute Gasteiger partial charge is 0.742 e. The Bertz CT molecular complexity index is 653. The van der Waals surface area contributed by atoms with Gasteiger partial charge in [-0.05, 0) is 29.5 Å². The third-order valence-corrected chi connectivity index (χ3v) is 2.76. The molecule has 1 aromatic heterocycles. The zero-order chi connectivity index (χ0) is 13.7. The van der Waals surface area contributed by atoms with Gasteiger partial charge in [0.2, 0.25) is 10.7 Å². The van der Waals surface area contributed by atoms with E-state index in [1.807, 2.05) is 35.2 Å². The van der Waals surface area contributed by atoms with Crippen LogP contribution in [-0.4, -0.2) is 21.5 Å². The van der Waals surface area contributed by atoms with E-state index in [2.05, 4.69) is 21.0 Å². The Hall–Kier alpha value is -1.04. The summed E-state index contributed by atoms with van der Waals surface area (Å²) in [6.07, 6.45) is 0.367. The van der Waals surface area contributed by atoms with Gasteiger partial charge in [0.05, 0.1) is 12.5 Å². The Morgan fingerprint density at radius 3 is 2.60 bits per heavy atom. The molecule has 0 radical (unpaired) electrons. The fraction of sp³-hybridized carbons (Fsp3) is 0.167. The average Bonchev–Trinajstić information content (AvgIpc) is 2.39. The minimum Gasteiger partial charge on any atom is -0.742 e. The number of nitriles is 1. The Labute approximate surface area is 149 Å². The fourth-order valence-electron chi connectivity index (χ4n) is 1.61. The number of para-hydroxylation sites is 1. The van der Waals surface area contributed by atoms with Crippen LogP contribution in [0.4, 0.5) is 11.6 Å². The van der Waals surface area contributed by atoms with E-state index in [0.29, 0.717) is 18.9 Å². The topological polar surface area (TPSA) is 68.6 Å². The van der Waals surface area contributed by atoms with E-state index in [-0.39, 0.29) is 39.5 Å². The molecule has 96 valence electrons. The number of hydrogen-bond acceptors (Lipinski definition) is 6. The van der Waals surface area contributed by atoms with Gasteiger partial charge in [-0.2, -0.15) is 10.2 Å². The van der Waals surface area contributed by atoms with Gasteiger partial charge >= 0.3 is 29.6 Å². The van der Waals surface area contributed by atoms with E-state index in [4.69, 9.17) is 30.1 Å². The molecule has 0 amide bonds. The van der Waals surface area contributed by atoms with Crippen molar-refractivity contribution in [3.05, 3.63) is 35.1 Å². The number of rotatable bonds is 4. The van der Waals surface area contributed by atoms with Crippen LogP contribution in [0.25, 0.3) is 0 Å². The molecular weight excluding hydrogens is 301 g/mol. The number of nitrogens with zero attached hydrogens (tertiary/aromatic N) is 4. The van der Waals surface area contributed by atoms with Crippen molar-refractivity contribution in [1.29, 1.82) is 5.26 Å². The summed E-state index contributed by atoms with van der Waals surface area (Å²) in [5.41, 5.74) is 0.913. The molecule has 2 rings (SSSR count). The number of anilines is 2. The summed E-state index contributed by atoms with van der Waals surface area (Å²) >= 11 is 9.97. The number of H-pyrrole nitrogens is 1. The molecule has 0 aliphatic heterocycles. The van der Waals surface area contributed by atoms with Crippen LogP contribution in [0, 0.1) is 16.1 Å². The molecule has 2 aromatic rings. The third-order valence-electron chi connectivity index (χ3n) is 2.39. The number of aromatic amines is 1. The zero-order valence-corrected chi connectivity index (χ0v) is 14.5. The first-order chi connectivity index (χ1) is 9.20. The zero-order valence-electron chi connectivity index (χ0n) is 10.9. The molecule has 0 fully saturated rings. The second-order valence-electron chi connectivity index (χ2n) is 3.66. The van der Waals surface area contributed by atoms with Crippen molar-refractivity contribution in [3.63, 3.8) is 0 Å². The van der Waals surface area contributed by atoms with Crippen molar-refractivity contribution in [2.45, 2.75) is 11.6 Å². The van der Waals surface area contributed by atoms with Crippen molar-refractivity contribution in [1.82, 2.24) is 15.0 Å². The molecule has 0 unspecified atom stereocenters. The predicted octanol–water partition coefficient (Wildman–Crippen LogP) is -0.504. The molecule has 0 saturated carbocycles. The normalized spacial score (nSPS) is 9.35. The fourth-order valence-corrected chi connectivity index (χ4v) is 2.02. The second-order valence-corrected chi connectivity index (χ2v) is 4.41. The minimum absolute atomic E-state index is 0. The van der Waals surface area contributed by atoms with Crippen molar-refractivity contribution in [2.75, 3.05) is 11.4 Å². The van der Waals surface area contributed by atoms with Gasteiger partial charge in [-0.1, -0.05) is 18.2 Å².